The van der Waals surface area contributed by atoms with Crippen LogP contribution < -0.4 is 0 Å². The highest BCUT2D eigenvalue weighted by Crippen LogP contribution is 2.20. The van der Waals surface area contributed by atoms with Crippen molar-refractivity contribution in [3.63, 3.8) is 0 Å². The Labute approximate surface area is 148 Å². The Bertz CT molecular complexity index is 773. The van der Waals surface area contributed by atoms with Crippen LogP contribution in [0.15, 0.2) is 30.5 Å². The zero-order valence-electron chi connectivity index (χ0n) is 13.3. The van der Waals surface area contributed by atoms with Crippen molar-refractivity contribution in [3.05, 3.63) is 41.2 Å². The second kappa shape index (κ2) is 7.62. The van der Waals surface area contributed by atoms with E-state index in [4.69, 9.17) is 21.4 Å². The maximum Gasteiger partial charge on any atom is 0.323 e. The first-order chi connectivity index (χ1) is 12.1. The molecule has 0 spiro atoms. The Morgan fingerprint density at radius 1 is 1.32 bits per heavy atom. The maximum atomic E-state index is 12.8. The minimum Gasteiger partial charge on any atom is -0.480 e. The van der Waals surface area contributed by atoms with Crippen LogP contribution >= 0.6 is 11.6 Å². The maximum absolute atomic E-state index is 12.8. The third kappa shape index (κ3) is 3.97. The highest BCUT2D eigenvalue weighted by molar-refractivity contribution is 6.32. The molecule has 9 heteroatoms. The molecule has 25 heavy (non-hydrogen) atoms. The lowest BCUT2D eigenvalue weighted by Crippen LogP contribution is -2.46. The first kappa shape index (κ1) is 17.4. The van der Waals surface area contributed by atoms with Crippen LogP contribution in [0.3, 0.4) is 0 Å². The van der Waals surface area contributed by atoms with Crippen LogP contribution in [0, 0.1) is 0 Å². The number of carbonyl (C=O) groups is 2. The number of benzene rings is 1. The highest BCUT2D eigenvalue weighted by Gasteiger charge is 2.30. The van der Waals surface area contributed by atoms with Gasteiger partial charge in [-0.1, -0.05) is 28.9 Å². The topological polar surface area (TPSA) is 97.6 Å². The summed E-state index contributed by atoms with van der Waals surface area (Å²) in [7, 11) is 0. The van der Waals surface area contributed by atoms with Crippen molar-refractivity contribution < 1.29 is 19.4 Å². The number of aliphatic carboxylic acids is 1. The molecular weight excluding hydrogens is 348 g/mol. The number of para-hydroxylation sites is 1. The molecule has 2 aromatic rings. The van der Waals surface area contributed by atoms with Gasteiger partial charge in [-0.2, -0.15) is 0 Å². The van der Waals surface area contributed by atoms with Gasteiger partial charge >= 0.3 is 5.97 Å². The van der Waals surface area contributed by atoms with E-state index in [1.807, 2.05) is 0 Å². The summed E-state index contributed by atoms with van der Waals surface area (Å²) < 4.78 is 6.68. The summed E-state index contributed by atoms with van der Waals surface area (Å²) in [6, 6.07) is 6.85. The number of carbonyl (C=O) groups excluding carboxylic acids is 1. The number of ether oxygens (including phenoxy) is 1. The van der Waals surface area contributed by atoms with Gasteiger partial charge in [-0.05, 0) is 25.0 Å². The Kier molecular flexibility index (Phi) is 5.30. The summed E-state index contributed by atoms with van der Waals surface area (Å²) in [5, 5.41) is 17.4. The van der Waals surface area contributed by atoms with Gasteiger partial charge in [0.2, 0.25) is 0 Å². The summed E-state index contributed by atoms with van der Waals surface area (Å²) in [4.78, 5) is 25.3. The summed E-state index contributed by atoms with van der Waals surface area (Å²) >= 11 is 6.13. The molecule has 1 N–H and O–H groups in total. The Morgan fingerprint density at radius 2 is 2.04 bits per heavy atom. The van der Waals surface area contributed by atoms with Gasteiger partial charge < -0.3 is 14.7 Å². The number of nitrogens with zero attached hydrogens (tertiary/aromatic N) is 4. The van der Waals surface area contributed by atoms with E-state index in [2.05, 4.69) is 10.3 Å². The van der Waals surface area contributed by atoms with Crippen LogP contribution in [0.4, 0.5) is 0 Å². The Balaban J connectivity index is 1.84. The van der Waals surface area contributed by atoms with E-state index >= 15 is 0 Å². The molecule has 0 unspecified atom stereocenters. The zero-order chi connectivity index (χ0) is 17.8. The monoisotopic (exact) mass is 364 g/mol. The van der Waals surface area contributed by atoms with E-state index in [1.54, 1.807) is 24.3 Å². The Hall–Kier alpha value is -2.45. The number of hydrogen-bond donors (Lipinski definition) is 1. The van der Waals surface area contributed by atoms with Crippen molar-refractivity contribution in [2.45, 2.75) is 18.9 Å². The van der Waals surface area contributed by atoms with Crippen molar-refractivity contribution in [2.24, 2.45) is 0 Å². The second-order valence-electron chi connectivity index (χ2n) is 5.67. The minimum atomic E-state index is -1.07. The quantitative estimate of drug-likeness (QED) is 0.865. The second-order valence-corrected chi connectivity index (χ2v) is 6.08. The fourth-order valence-corrected chi connectivity index (χ4v) is 3.00. The largest absolute Gasteiger partial charge is 0.480 e. The predicted molar refractivity (Wildman–Crippen MR) is 88.9 cm³/mol. The highest BCUT2D eigenvalue weighted by atomic mass is 35.5. The standard InChI is InChI=1S/C16H17ClN4O4/c17-12-3-1-2-4-14(12)21-9-13(18-19-21)16(24)20(10-15(22)23)11-5-7-25-8-6-11/h1-4,9,11H,5-8,10H2,(H,22,23). The van der Waals surface area contributed by atoms with Gasteiger partial charge in [0.1, 0.15) is 6.54 Å². The van der Waals surface area contributed by atoms with E-state index in [1.165, 1.54) is 15.8 Å². The average molecular weight is 365 g/mol. The lowest BCUT2D eigenvalue weighted by molar-refractivity contribution is -0.138. The number of halogens is 1. The number of aromatic nitrogens is 3. The fourth-order valence-electron chi connectivity index (χ4n) is 2.77. The van der Waals surface area contributed by atoms with Gasteiger partial charge in [0.05, 0.1) is 16.9 Å². The number of hydrogen-bond acceptors (Lipinski definition) is 5. The van der Waals surface area contributed by atoms with E-state index < -0.39 is 11.9 Å². The first-order valence-corrected chi connectivity index (χ1v) is 8.22. The molecule has 0 bridgehead atoms. The number of carboxylic acid groups (broad SMARTS) is 1. The summed E-state index contributed by atoms with van der Waals surface area (Å²) in [5.41, 5.74) is 0.666. The van der Waals surface area contributed by atoms with Gasteiger partial charge in [0.15, 0.2) is 5.69 Å². The molecule has 0 saturated carbocycles. The molecule has 1 fully saturated rings. The van der Waals surface area contributed by atoms with E-state index in [9.17, 15) is 9.59 Å². The van der Waals surface area contributed by atoms with Crippen LogP contribution in [-0.4, -0.2) is 62.7 Å². The molecule has 2 heterocycles. The number of amides is 1. The number of carboxylic acids is 1. The average Bonchev–Trinajstić information content (AvgIpc) is 3.10. The van der Waals surface area contributed by atoms with E-state index in [0.717, 1.165) is 0 Å². The van der Waals surface area contributed by atoms with Gasteiger partial charge in [-0.3, -0.25) is 9.59 Å². The third-order valence-electron chi connectivity index (χ3n) is 4.01. The van der Waals surface area contributed by atoms with Crippen LogP contribution in [0.5, 0.6) is 0 Å². The first-order valence-electron chi connectivity index (χ1n) is 7.84. The molecule has 8 nitrogen and oxygen atoms in total. The predicted octanol–water partition coefficient (Wildman–Crippen LogP) is 1.63. The Morgan fingerprint density at radius 3 is 2.72 bits per heavy atom. The minimum absolute atomic E-state index is 0.0765. The van der Waals surface area contributed by atoms with Gasteiger partial charge in [-0.15, -0.1) is 5.10 Å². The van der Waals surface area contributed by atoms with Crippen LogP contribution in [0.25, 0.3) is 5.69 Å². The molecule has 0 atom stereocenters. The molecule has 1 saturated heterocycles. The lowest BCUT2D eigenvalue weighted by Gasteiger charge is -2.32. The van der Waals surface area contributed by atoms with E-state index in [0.29, 0.717) is 36.8 Å². The molecule has 1 aromatic carbocycles. The van der Waals surface area contributed by atoms with Crippen molar-refractivity contribution in [1.29, 1.82) is 0 Å². The molecule has 1 aromatic heterocycles. The van der Waals surface area contributed by atoms with Gasteiger partial charge in [0.25, 0.3) is 5.91 Å². The summed E-state index contributed by atoms with van der Waals surface area (Å²) in [6.45, 7) is 0.614. The molecule has 132 valence electrons. The van der Waals surface area contributed by atoms with Crippen LogP contribution in [0.2, 0.25) is 5.02 Å². The summed E-state index contributed by atoms with van der Waals surface area (Å²) in [6.07, 6.45) is 2.65. The lowest BCUT2D eigenvalue weighted by atomic mass is 10.1. The molecule has 1 aliphatic heterocycles. The molecule has 0 radical (unpaired) electrons. The molecule has 3 rings (SSSR count). The number of rotatable bonds is 5. The molecule has 1 amide bonds. The molecule has 1 aliphatic rings. The van der Waals surface area contributed by atoms with Crippen LogP contribution in [0.1, 0.15) is 23.3 Å². The molecule has 0 aliphatic carbocycles. The normalized spacial score (nSPS) is 15.1. The van der Waals surface area contributed by atoms with Crippen molar-refractivity contribution >= 4 is 23.5 Å². The third-order valence-corrected chi connectivity index (χ3v) is 4.33. The SMILES string of the molecule is O=C(O)CN(C(=O)c1cn(-c2ccccc2Cl)nn1)C1CCOCC1. The van der Waals surface area contributed by atoms with E-state index in [-0.39, 0.29) is 18.3 Å². The van der Waals surface area contributed by atoms with Crippen LogP contribution in [-0.2, 0) is 9.53 Å². The smallest absolute Gasteiger partial charge is 0.323 e. The van der Waals surface area contributed by atoms with Crippen molar-refractivity contribution in [2.75, 3.05) is 19.8 Å². The van der Waals surface area contributed by atoms with Gasteiger partial charge in [-0.25, -0.2) is 4.68 Å². The fraction of sp³-hybridized carbons (Fsp3) is 0.375. The molecular formula is C16H17ClN4O4. The summed E-state index contributed by atoms with van der Waals surface area (Å²) in [5.74, 6) is -1.54. The van der Waals surface area contributed by atoms with Gasteiger partial charge in [0, 0.05) is 19.3 Å². The van der Waals surface area contributed by atoms with Crippen molar-refractivity contribution in [3.8, 4) is 5.69 Å². The zero-order valence-corrected chi connectivity index (χ0v) is 14.1. The van der Waals surface area contributed by atoms with Crippen molar-refractivity contribution in [1.82, 2.24) is 19.9 Å².